The van der Waals surface area contributed by atoms with Gasteiger partial charge in [-0.25, -0.2) is 5.84 Å². The van der Waals surface area contributed by atoms with Crippen molar-refractivity contribution < 1.29 is 0 Å². The molecule has 18 heavy (non-hydrogen) atoms. The molecule has 1 aliphatic heterocycles. The molecule has 7 heteroatoms. The highest BCUT2D eigenvalue weighted by molar-refractivity contribution is 7.99. The van der Waals surface area contributed by atoms with Crippen LogP contribution in [0.1, 0.15) is 11.1 Å². The third-order valence-corrected chi connectivity index (χ3v) is 3.62. The van der Waals surface area contributed by atoms with E-state index in [9.17, 15) is 0 Å². The van der Waals surface area contributed by atoms with Gasteiger partial charge >= 0.3 is 0 Å². The molecule has 0 spiro atoms. The van der Waals surface area contributed by atoms with Crippen molar-refractivity contribution in [3.05, 3.63) is 35.4 Å². The average Bonchev–Trinajstić information content (AvgIpc) is 2.81. The second-order valence-corrected chi connectivity index (χ2v) is 4.91. The molecule has 2 heterocycles. The third-order valence-electron chi connectivity index (χ3n) is 2.68. The summed E-state index contributed by atoms with van der Waals surface area (Å²) in [4.78, 5) is 0. The number of fused-ring (bicyclic) bond motifs is 1. The van der Waals surface area contributed by atoms with Crippen LogP contribution < -0.4 is 11.3 Å². The van der Waals surface area contributed by atoms with E-state index in [2.05, 4.69) is 51.9 Å². The van der Waals surface area contributed by atoms with Crippen molar-refractivity contribution >= 4 is 23.4 Å². The monoisotopic (exact) mass is 260 g/mol. The number of thioether (sulfide) groups is 1. The molecule has 0 saturated heterocycles. The number of nitrogen functional groups attached to an aromatic ring is 1. The number of benzene rings is 1. The molecular formula is C11H12N6S. The second kappa shape index (κ2) is 4.43. The lowest BCUT2D eigenvalue weighted by Crippen LogP contribution is -2.17. The largest absolute Gasteiger partial charge is 0.291 e. The SMILES string of the molecule is Cc1ccc(C2=Nn3c(NN)nnc3SC2)cc1. The summed E-state index contributed by atoms with van der Waals surface area (Å²) < 4.78 is 1.63. The summed E-state index contributed by atoms with van der Waals surface area (Å²) >= 11 is 1.60. The lowest BCUT2D eigenvalue weighted by atomic mass is 10.1. The van der Waals surface area contributed by atoms with Gasteiger partial charge in [0.2, 0.25) is 5.16 Å². The quantitative estimate of drug-likeness (QED) is 0.627. The van der Waals surface area contributed by atoms with Crippen molar-refractivity contribution in [3.63, 3.8) is 0 Å². The summed E-state index contributed by atoms with van der Waals surface area (Å²) in [7, 11) is 0. The normalized spacial score (nSPS) is 14.0. The minimum absolute atomic E-state index is 0.446. The zero-order chi connectivity index (χ0) is 12.5. The maximum Gasteiger partial charge on any atom is 0.260 e. The van der Waals surface area contributed by atoms with Gasteiger partial charge in [-0.3, -0.25) is 5.43 Å². The molecule has 1 aromatic carbocycles. The molecule has 1 aromatic heterocycles. The van der Waals surface area contributed by atoms with Gasteiger partial charge < -0.3 is 0 Å². The van der Waals surface area contributed by atoms with Gasteiger partial charge in [0.05, 0.1) is 5.71 Å². The molecule has 92 valence electrons. The Labute approximate surface area is 108 Å². The Morgan fingerprint density at radius 2 is 2.06 bits per heavy atom. The number of hydrazine groups is 1. The number of anilines is 1. The zero-order valence-corrected chi connectivity index (χ0v) is 10.6. The number of aromatic nitrogens is 3. The van der Waals surface area contributed by atoms with Crippen LogP contribution in [0.15, 0.2) is 34.5 Å². The molecule has 0 atom stereocenters. The lowest BCUT2D eigenvalue weighted by molar-refractivity contribution is 0.760. The molecule has 2 aromatic rings. The van der Waals surface area contributed by atoms with E-state index in [1.165, 1.54) is 5.56 Å². The first-order valence-corrected chi connectivity index (χ1v) is 6.46. The number of hydrogen-bond donors (Lipinski definition) is 2. The Morgan fingerprint density at radius 3 is 2.78 bits per heavy atom. The van der Waals surface area contributed by atoms with E-state index < -0.39 is 0 Å². The topological polar surface area (TPSA) is 81.1 Å². The van der Waals surface area contributed by atoms with E-state index in [-0.39, 0.29) is 0 Å². The molecule has 3 N–H and O–H groups in total. The van der Waals surface area contributed by atoms with Crippen molar-refractivity contribution in [2.24, 2.45) is 10.9 Å². The summed E-state index contributed by atoms with van der Waals surface area (Å²) in [6, 6.07) is 8.29. The van der Waals surface area contributed by atoms with Gasteiger partial charge in [-0.05, 0) is 12.5 Å². The molecule has 0 saturated carbocycles. The molecule has 3 rings (SSSR count). The Morgan fingerprint density at radius 1 is 1.28 bits per heavy atom. The van der Waals surface area contributed by atoms with E-state index in [0.29, 0.717) is 5.95 Å². The fraction of sp³-hybridized carbons (Fsp3) is 0.182. The minimum Gasteiger partial charge on any atom is -0.291 e. The lowest BCUT2D eigenvalue weighted by Gasteiger charge is -2.13. The van der Waals surface area contributed by atoms with Gasteiger partial charge in [-0.1, -0.05) is 41.6 Å². The van der Waals surface area contributed by atoms with Crippen molar-refractivity contribution in [1.29, 1.82) is 0 Å². The average molecular weight is 260 g/mol. The number of nitrogens with zero attached hydrogens (tertiary/aromatic N) is 4. The van der Waals surface area contributed by atoms with Crippen LogP contribution in [0.4, 0.5) is 5.95 Å². The van der Waals surface area contributed by atoms with Crippen LogP contribution in [0.25, 0.3) is 0 Å². The second-order valence-electron chi connectivity index (χ2n) is 3.96. The van der Waals surface area contributed by atoms with Gasteiger partial charge in [0.1, 0.15) is 0 Å². The zero-order valence-electron chi connectivity index (χ0n) is 9.79. The molecule has 0 fully saturated rings. The van der Waals surface area contributed by atoms with Gasteiger partial charge in [0.15, 0.2) is 0 Å². The number of nitrogens with one attached hydrogen (secondary N) is 1. The van der Waals surface area contributed by atoms with Crippen LogP contribution in [-0.2, 0) is 0 Å². The minimum atomic E-state index is 0.446. The standard InChI is InChI=1S/C11H12N6S/c1-7-2-4-8(5-3-7)9-6-18-11-15-14-10(13-12)17(11)16-9/h2-5H,6,12H2,1H3,(H,13,14). The number of aryl methyl sites for hydroxylation is 1. The van der Waals surface area contributed by atoms with Crippen molar-refractivity contribution in [3.8, 4) is 0 Å². The first-order chi connectivity index (χ1) is 8.78. The van der Waals surface area contributed by atoms with Crippen molar-refractivity contribution in [2.45, 2.75) is 12.1 Å². The van der Waals surface area contributed by atoms with Crippen LogP contribution in [0.5, 0.6) is 0 Å². The number of hydrogen-bond acceptors (Lipinski definition) is 6. The fourth-order valence-electron chi connectivity index (χ4n) is 1.71. The van der Waals surface area contributed by atoms with E-state index in [1.54, 1.807) is 16.4 Å². The Bertz CT molecular complexity index is 600. The summed E-state index contributed by atoms with van der Waals surface area (Å²) in [5.74, 6) is 6.60. The van der Waals surface area contributed by atoms with E-state index in [1.807, 2.05) is 0 Å². The summed E-state index contributed by atoms with van der Waals surface area (Å²) in [6.07, 6.45) is 0. The molecule has 0 unspecified atom stereocenters. The smallest absolute Gasteiger partial charge is 0.260 e. The molecule has 1 aliphatic rings. The van der Waals surface area contributed by atoms with Crippen molar-refractivity contribution in [2.75, 3.05) is 11.2 Å². The first kappa shape index (κ1) is 11.2. The number of nitrogens with two attached hydrogens (primary N) is 1. The Balaban J connectivity index is 2.02. The van der Waals surface area contributed by atoms with E-state index in [0.717, 1.165) is 22.2 Å². The molecule has 0 amide bonds. The summed E-state index contributed by atoms with van der Waals surface area (Å²) in [5, 5.41) is 13.2. The van der Waals surface area contributed by atoms with Gasteiger partial charge in [0.25, 0.3) is 5.95 Å². The highest BCUT2D eigenvalue weighted by Gasteiger charge is 2.19. The van der Waals surface area contributed by atoms with E-state index in [4.69, 9.17) is 5.84 Å². The first-order valence-electron chi connectivity index (χ1n) is 5.47. The Hall–Kier alpha value is -1.86. The van der Waals surface area contributed by atoms with E-state index >= 15 is 0 Å². The highest BCUT2D eigenvalue weighted by Crippen LogP contribution is 2.25. The predicted octanol–water partition coefficient (Wildman–Crippen LogP) is 1.23. The fourth-order valence-corrected chi connectivity index (χ4v) is 2.54. The van der Waals surface area contributed by atoms with Gasteiger partial charge in [0, 0.05) is 5.75 Å². The molecule has 0 aliphatic carbocycles. The van der Waals surface area contributed by atoms with Crippen LogP contribution >= 0.6 is 11.8 Å². The Kier molecular flexibility index (Phi) is 2.77. The maximum atomic E-state index is 5.37. The van der Waals surface area contributed by atoms with Gasteiger partial charge in [-0.2, -0.15) is 9.78 Å². The van der Waals surface area contributed by atoms with Crippen molar-refractivity contribution in [1.82, 2.24) is 14.9 Å². The predicted molar refractivity (Wildman–Crippen MR) is 71.7 cm³/mol. The van der Waals surface area contributed by atoms with Crippen LogP contribution in [0, 0.1) is 6.92 Å². The van der Waals surface area contributed by atoms with Gasteiger partial charge in [-0.15, -0.1) is 10.2 Å². The molecule has 0 radical (unpaired) electrons. The summed E-state index contributed by atoms with van der Waals surface area (Å²) in [6.45, 7) is 2.07. The summed E-state index contributed by atoms with van der Waals surface area (Å²) in [5.41, 5.74) is 5.82. The highest BCUT2D eigenvalue weighted by atomic mass is 32.2. The number of rotatable bonds is 2. The van der Waals surface area contributed by atoms with Crippen LogP contribution in [0.2, 0.25) is 0 Å². The maximum absolute atomic E-state index is 5.37. The molecule has 6 nitrogen and oxygen atoms in total. The van der Waals surface area contributed by atoms with Crippen LogP contribution in [0.3, 0.4) is 0 Å². The third kappa shape index (κ3) is 1.87. The van der Waals surface area contributed by atoms with Crippen LogP contribution in [-0.4, -0.2) is 26.3 Å². The molecular weight excluding hydrogens is 248 g/mol. The molecule has 0 bridgehead atoms.